The van der Waals surface area contributed by atoms with Gasteiger partial charge in [-0.2, -0.15) is 5.10 Å². The van der Waals surface area contributed by atoms with Crippen molar-refractivity contribution in [3.05, 3.63) is 22.4 Å². The van der Waals surface area contributed by atoms with Crippen LogP contribution in [0.2, 0.25) is 0 Å². The number of hydrogen-bond acceptors (Lipinski definition) is 3. The number of nitrogens with one attached hydrogen (secondary N) is 1. The van der Waals surface area contributed by atoms with E-state index >= 15 is 0 Å². The molecule has 0 bridgehead atoms. The molecule has 0 fully saturated rings. The van der Waals surface area contributed by atoms with Crippen LogP contribution < -0.4 is 11.2 Å². The van der Waals surface area contributed by atoms with Crippen molar-refractivity contribution in [3.8, 4) is 0 Å². The summed E-state index contributed by atoms with van der Waals surface area (Å²) < 4.78 is 0. The molecule has 1 heterocycles. The van der Waals surface area contributed by atoms with Crippen molar-refractivity contribution in [2.24, 2.45) is 10.8 Å². The second-order valence-corrected chi connectivity index (χ2v) is 3.31. The van der Waals surface area contributed by atoms with E-state index in [-0.39, 0.29) is 0 Å². The topological polar surface area (TPSA) is 67.5 Å². The molecule has 0 aromatic carbocycles. The van der Waals surface area contributed by atoms with Gasteiger partial charge in [0.2, 0.25) is 0 Å². The predicted molar refractivity (Wildman–Crippen MR) is 53.9 cm³/mol. The summed E-state index contributed by atoms with van der Waals surface area (Å²) in [6.45, 7) is 1.97. The molecule has 0 saturated carbocycles. The first-order chi connectivity index (χ1) is 6.24. The first-order valence-corrected chi connectivity index (χ1v) is 4.78. The van der Waals surface area contributed by atoms with Gasteiger partial charge in [-0.1, -0.05) is 13.0 Å². The summed E-state index contributed by atoms with van der Waals surface area (Å²) >= 11 is 1.58. The van der Waals surface area contributed by atoms with Crippen LogP contribution in [0.25, 0.3) is 0 Å². The third kappa shape index (κ3) is 2.87. The minimum Gasteiger partial charge on any atom is -0.350 e. The van der Waals surface area contributed by atoms with Crippen LogP contribution in [-0.4, -0.2) is 11.7 Å². The number of primary amides is 1. The van der Waals surface area contributed by atoms with Gasteiger partial charge in [0.15, 0.2) is 0 Å². The largest absolute Gasteiger partial charge is 0.350 e. The van der Waals surface area contributed by atoms with Crippen LogP contribution in [0.4, 0.5) is 4.79 Å². The highest BCUT2D eigenvalue weighted by Crippen LogP contribution is 2.11. The van der Waals surface area contributed by atoms with E-state index in [1.54, 1.807) is 11.3 Å². The number of hydrogen-bond donors (Lipinski definition) is 2. The van der Waals surface area contributed by atoms with E-state index in [0.717, 1.165) is 17.0 Å². The summed E-state index contributed by atoms with van der Waals surface area (Å²) in [5, 5.41) is 5.85. The number of carbonyl (C=O) groups excluding carboxylic acids is 1. The molecule has 1 aromatic rings. The lowest BCUT2D eigenvalue weighted by atomic mass is 10.2. The van der Waals surface area contributed by atoms with Gasteiger partial charge in [0.1, 0.15) is 0 Å². The summed E-state index contributed by atoms with van der Waals surface area (Å²) in [6.07, 6.45) is 0.765. The number of nitrogens with two attached hydrogens (primary N) is 1. The van der Waals surface area contributed by atoms with Crippen LogP contribution in [0.5, 0.6) is 0 Å². The number of amides is 2. The molecule has 0 aliphatic carbocycles. The molecule has 0 radical (unpaired) electrons. The molecule has 70 valence electrons. The Labute approximate surface area is 80.4 Å². The lowest BCUT2D eigenvalue weighted by molar-refractivity contribution is 0.249. The van der Waals surface area contributed by atoms with Crippen molar-refractivity contribution in [3.63, 3.8) is 0 Å². The Bertz CT molecular complexity index is 305. The van der Waals surface area contributed by atoms with E-state index in [4.69, 9.17) is 5.73 Å². The van der Waals surface area contributed by atoms with Crippen molar-refractivity contribution in [2.45, 2.75) is 13.3 Å². The monoisotopic (exact) mass is 197 g/mol. The first kappa shape index (κ1) is 9.73. The molecule has 1 rings (SSSR count). The van der Waals surface area contributed by atoms with Crippen molar-refractivity contribution >= 4 is 23.1 Å². The zero-order chi connectivity index (χ0) is 9.68. The fourth-order valence-electron chi connectivity index (χ4n) is 0.874. The average molecular weight is 197 g/mol. The molecule has 13 heavy (non-hydrogen) atoms. The van der Waals surface area contributed by atoms with E-state index in [0.29, 0.717) is 0 Å². The number of thiophene rings is 1. The van der Waals surface area contributed by atoms with Crippen LogP contribution in [0.15, 0.2) is 22.6 Å². The van der Waals surface area contributed by atoms with Gasteiger partial charge in [-0.25, -0.2) is 10.2 Å². The Morgan fingerprint density at radius 1 is 1.77 bits per heavy atom. The fraction of sp³-hybridized carbons (Fsp3) is 0.250. The lowest BCUT2D eigenvalue weighted by Gasteiger charge is -1.99. The SMILES string of the molecule is CCC(=NNC(N)=O)c1cccs1. The summed E-state index contributed by atoms with van der Waals surface area (Å²) in [5.41, 5.74) is 7.95. The van der Waals surface area contributed by atoms with E-state index in [2.05, 4.69) is 10.5 Å². The second kappa shape index (κ2) is 4.61. The van der Waals surface area contributed by atoms with Crippen LogP contribution in [-0.2, 0) is 0 Å². The fourth-order valence-corrected chi connectivity index (χ4v) is 1.66. The molecule has 3 N–H and O–H groups in total. The highest BCUT2D eigenvalue weighted by Gasteiger charge is 2.01. The van der Waals surface area contributed by atoms with Crippen LogP contribution in [0, 0.1) is 0 Å². The van der Waals surface area contributed by atoms with E-state index in [9.17, 15) is 4.79 Å². The molecule has 0 spiro atoms. The van der Waals surface area contributed by atoms with Gasteiger partial charge in [0, 0.05) is 0 Å². The Morgan fingerprint density at radius 3 is 3.00 bits per heavy atom. The molecule has 1 aromatic heterocycles. The third-order valence-electron chi connectivity index (χ3n) is 1.44. The molecule has 0 saturated heterocycles. The Balaban J connectivity index is 2.73. The molecule has 2 amide bonds. The van der Waals surface area contributed by atoms with Crippen molar-refractivity contribution in [1.29, 1.82) is 0 Å². The zero-order valence-electron chi connectivity index (χ0n) is 7.28. The Hall–Kier alpha value is -1.36. The van der Waals surface area contributed by atoms with Gasteiger partial charge in [-0.3, -0.25) is 0 Å². The normalized spacial score (nSPS) is 11.3. The van der Waals surface area contributed by atoms with E-state index in [1.807, 2.05) is 24.4 Å². The molecular weight excluding hydrogens is 186 g/mol. The molecule has 0 aliphatic rings. The summed E-state index contributed by atoms with van der Waals surface area (Å²) in [6, 6.07) is 3.26. The lowest BCUT2D eigenvalue weighted by Crippen LogP contribution is -2.25. The number of urea groups is 1. The van der Waals surface area contributed by atoms with Gasteiger partial charge in [-0.15, -0.1) is 11.3 Å². The smallest absolute Gasteiger partial charge is 0.332 e. The number of hydrazone groups is 1. The second-order valence-electron chi connectivity index (χ2n) is 2.37. The maximum atomic E-state index is 10.4. The van der Waals surface area contributed by atoms with Gasteiger partial charge in [0.05, 0.1) is 10.6 Å². The van der Waals surface area contributed by atoms with E-state index in [1.165, 1.54) is 0 Å². The quantitative estimate of drug-likeness (QED) is 0.560. The number of nitrogens with zero attached hydrogens (tertiary/aromatic N) is 1. The summed E-state index contributed by atoms with van der Waals surface area (Å²) in [7, 11) is 0. The van der Waals surface area contributed by atoms with Crippen LogP contribution in [0.3, 0.4) is 0 Å². The van der Waals surface area contributed by atoms with Gasteiger partial charge in [0.25, 0.3) is 0 Å². The molecule has 0 atom stereocenters. The van der Waals surface area contributed by atoms with Gasteiger partial charge < -0.3 is 5.73 Å². The molecular formula is C8H11N3OS. The first-order valence-electron chi connectivity index (χ1n) is 3.90. The van der Waals surface area contributed by atoms with Gasteiger partial charge >= 0.3 is 6.03 Å². The molecule has 4 nitrogen and oxygen atoms in total. The highest BCUT2D eigenvalue weighted by molar-refractivity contribution is 7.12. The highest BCUT2D eigenvalue weighted by atomic mass is 32.1. The summed E-state index contributed by atoms with van der Waals surface area (Å²) in [4.78, 5) is 11.4. The Morgan fingerprint density at radius 2 is 2.54 bits per heavy atom. The molecule has 0 unspecified atom stereocenters. The predicted octanol–water partition coefficient (Wildman–Crippen LogP) is 1.53. The summed E-state index contributed by atoms with van der Waals surface area (Å²) in [5.74, 6) is 0. The van der Waals surface area contributed by atoms with Crippen molar-refractivity contribution < 1.29 is 4.79 Å². The zero-order valence-corrected chi connectivity index (χ0v) is 8.10. The maximum absolute atomic E-state index is 10.4. The van der Waals surface area contributed by atoms with Crippen molar-refractivity contribution in [2.75, 3.05) is 0 Å². The van der Waals surface area contributed by atoms with Crippen LogP contribution in [0.1, 0.15) is 18.2 Å². The van der Waals surface area contributed by atoms with Gasteiger partial charge in [-0.05, 0) is 17.9 Å². The molecule has 0 aliphatic heterocycles. The molecule has 5 heteroatoms. The standard InChI is InChI=1S/C8H11N3OS/c1-2-6(10-11-8(9)12)7-4-3-5-13-7/h3-5H,2H2,1H3,(H3,9,11,12). The Kier molecular flexibility index (Phi) is 3.45. The minimum atomic E-state index is -0.637. The average Bonchev–Trinajstić information content (AvgIpc) is 2.58. The number of rotatable bonds is 3. The minimum absolute atomic E-state index is 0.637. The van der Waals surface area contributed by atoms with Crippen LogP contribution >= 0.6 is 11.3 Å². The number of carbonyl (C=O) groups is 1. The third-order valence-corrected chi connectivity index (χ3v) is 2.36. The van der Waals surface area contributed by atoms with Crippen molar-refractivity contribution in [1.82, 2.24) is 5.43 Å². The maximum Gasteiger partial charge on any atom is 0.332 e. The van der Waals surface area contributed by atoms with E-state index < -0.39 is 6.03 Å².